The summed E-state index contributed by atoms with van der Waals surface area (Å²) >= 11 is 6.84. The van der Waals surface area contributed by atoms with Gasteiger partial charge in [0.15, 0.2) is 6.29 Å². The lowest BCUT2D eigenvalue weighted by atomic mass is 10.2. The standard InChI is InChI=1S/C19H19BrN2O2.C10H6BrNO.C9H13NO2/c1-23-17-8-5-14(19(10-17)24-2)11-21-12-16-7-4-13-3-6-15(20)9-18(13)22-16;11-8-3-1-7-2-4-9(6-13)12-10(7)5-8;1-11-8-4-3-7(6-10)9(5-8)12-2/h3-10,21H,11-12H2,1-2H3;1-6H;3-5H,6,10H2,1-2H3. The van der Waals surface area contributed by atoms with Gasteiger partial charge in [0.2, 0.25) is 0 Å². The van der Waals surface area contributed by atoms with Gasteiger partial charge >= 0.3 is 0 Å². The van der Waals surface area contributed by atoms with Crippen molar-refractivity contribution in [2.24, 2.45) is 5.73 Å². The molecule has 0 unspecified atom stereocenters. The van der Waals surface area contributed by atoms with Gasteiger partial charge in [-0.3, -0.25) is 9.78 Å². The number of nitrogens with two attached hydrogens (primary N) is 1. The summed E-state index contributed by atoms with van der Waals surface area (Å²) in [5.74, 6) is 3.16. The van der Waals surface area contributed by atoms with Crippen molar-refractivity contribution in [2.75, 3.05) is 28.4 Å². The Bertz CT molecular complexity index is 2010. The monoisotopic (exact) mass is 788 g/mol. The van der Waals surface area contributed by atoms with Crippen LogP contribution in [0.2, 0.25) is 0 Å². The van der Waals surface area contributed by atoms with Gasteiger partial charge in [0.1, 0.15) is 28.7 Å². The highest BCUT2D eigenvalue weighted by Gasteiger charge is 2.06. The van der Waals surface area contributed by atoms with E-state index in [4.69, 9.17) is 29.7 Å². The Morgan fingerprint density at radius 3 is 1.71 bits per heavy atom. The molecule has 9 nitrogen and oxygen atoms in total. The van der Waals surface area contributed by atoms with Crippen molar-refractivity contribution in [3.8, 4) is 23.0 Å². The highest BCUT2D eigenvalue weighted by Crippen LogP contribution is 2.25. The zero-order chi connectivity index (χ0) is 35.2. The molecule has 0 aliphatic rings. The van der Waals surface area contributed by atoms with Crippen LogP contribution in [0.3, 0.4) is 0 Å². The molecule has 6 rings (SSSR count). The fourth-order valence-electron chi connectivity index (χ4n) is 4.75. The van der Waals surface area contributed by atoms with E-state index in [1.165, 1.54) is 0 Å². The SMILES string of the molecule is COc1ccc(CN)c(OC)c1.COc1ccc(CNCc2ccc3ccc(Br)cc3n2)c(OC)c1.O=Cc1ccc2ccc(Br)cc2n1. The molecule has 0 saturated heterocycles. The predicted octanol–water partition coefficient (Wildman–Crippen LogP) is 8.28. The molecule has 0 aliphatic heterocycles. The number of rotatable bonds is 10. The molecule has 0 bridgehead atoms. The molecule has 49 heavy (non-hydrogen) atoms. The quantitative estimate of drug-likeness (QED) is 0.132. The number of benzene rings is 4. The minimum atomic E-state index is 0.464. The number of halogens is 2. The number of methoxy groups -OCH3 is 4. The Hall–Kier alpha value is -4.55. The fraction of sp³-hybridized carbons (Fsp3) is 0.184. The normalized spacial score (nSPS) is 10.3. The third-order valence-corrected chi connectivity index (χ3v) is 8.32. The van der Waals surface area contributed by atoms with Crippen molar-refractivity contribution >= 4 is 60.0 Å². The van der Waals surface area contributed by atoms with Crippen molar-refractivity contribution in [3.05, 3.63) is 129 Å². The lowest BCUT2D eigenvalue weighted by molar-refractivity contribution is 0.111. The van der Waals surface area contributed by atoms with E-state index in [1.54, 1.807) is 34.5 Å². The molecule has 0 aliphatic carbocycles. The first kappa shape index (κ1) is 37.3. The number of carbonyl (C=O) groups excluding carboxylic acids is 1. The van der Waals surface area contributed by atoms with Gasteiger partial charge in [0, 0.05) is 62.6 Å². The van der Waals surface area contributed by atoms with E-state index < -0.39 is 0 Å². The van der Waals surface area contributed by atoms with Crippen molar-refractivity contribution in [1.29, 1.82) is 0 Å². The van der Waals surface area contributed by atoms with E-state index in [1.807, 2.05) is 72.8 Å². The third kappa shape index (κ3) is 10.7. The summed E-state index contributed by atoms with van der Waals surface area (Å²) in [6.07, 6.45) is 0.750. The van der Waals surface area contributed by atoms with Crippen molar-refractivity contribution in [1.82, 2.24) is 15.3 Å². The summed E-state index contributed by atoms with van der Waals surface area (Å²) in [7, 11) is 6.56. The van der Waals surface area contributed by atoms with Gasteiger partial charge in [0.05, 0.1) is 45.2 Å². The Balaban J connectivity index is 0.000000182. The molecule has 4 aromatic carbocycles. The Morgan fingerprint density at radius 1 is 0.633 bits per heavy atom. The van der Waals surface area contributed by atoms with Crippen LogP contribution in [0, 0.1) is 0 Å². The highest BCUT2D eigenvalue weighted by molar-refractivity contribution is 9.10. The molecule has 254 valence electrons. The molecule has 0 radical (unpaired) electrons. The first-order valence-corrected chi connectivity index (χ1v) is 16.8. The second-order valence-corrected chi connectivity index (χ2v) is 12.3. The Labute approximate surface area is 303 Å². The summed E-state index contributed by atoms with van der Waals surface area (Å²) in [6.45, 7) is 1.87. The molecule has 0 atom stereocenters. The molecule has 2 aromatic heterocycles. The third-order valence-electron chi connectivity index (χ3n) is 7.34. The molecule has 0 amide bonds. The first-order valence-electron chi connectivity index (χ1n) is 15.2. The first-order chi connectivity index (χ1) is 23.8. The van der Waals surface area contributed by atoms with Crippen LogP contribution in [0.4, 0.5) is 0 Å². The van der Waals surface area contributed by atoms with Crippen molar-refractivity contribution in [2.45, 2.75) is 19.6 Å². The number of nitrogens with zero attached hydrogens (tertiary/aromatic N) is 2. The molecule has 11 heteroatoms. The molecule has 0 fully saturated rings. The van der Waals surface area contributed by atoms with Crippen LogP contribution in [-0.2, 0) is 19.6 Å². The van der Waals surface area contributed by atoms with E-state index in [0.717, 1.165) is 76.9 Å². The second-order valence-electron chi connectivity index (χ2n) is 10.5. The van der Waals surface area contributed by atoms with Crippen LogP contribution < -0.4 is 30.0 Å². The van der Waals surface area contributed by atoms with Gasteiger partial charge in [-0.05, 0) is 48.5 Å². The number of aromatic nitrogens is 2. The maximum Gasteiger partial charge on any atom is 0.168 e. The molecule has 3 N–H and O–H groups in total. The molecule has 0 saturated carbocycles. The number of ether oxygens (including phenoxy) is 4. The van der Waals surface area contributed by atoms with E-state index in [-0.39, 0.29) is 0 Å². The number of hydrogen-bond acceptors (Lipinski definition) is 9. The summed E-state index contributed by atoms with van der Waals surface area (Å²) < 4.78 is 22.8. The van der Waals surface area contributed by atoms with Crippen molar-refractivity contribution in [3.63, 3.8) is 0 Å². The number of fused-ring (bicyclic) bond motifs is 2. The number of carbonyl (C=O) groups is 1. The van der Waals surface area contributed by atoms with Gasteiger partial charge in [-0.15, -0.1) is 0 Å². The van der Waals surface area contributed by atoms with Gasteiger partial charge in [-0.2, -0.15) is 0 Å². The Kier molecular flexibility index (Phi) is 14.3. The number of hydrogen-bond donors (Lipinski definition) is 2. The average molecular weight is 791 g/mol. The minimum Gasteiger partial charge on any atom is -0.497 e. The maximum atomic E-state index is 10.5. The molecular weight excluding hydrogens is 752 g/mol. The lowest BCUT2D eigenvalue weighted by Crippen LogP contribution is -2.14. The van der Waals surface area contributed by atoms with E-state index in [0.29, 0.717) is 25.3 Å². The molecule has 0 spiro atoms. The zero-order valence-electron chi connectivity index (χ0n) is 27.7. The van der Waals surface area contributed by atoms with E-state index in [9.17, 15) is 4.79 Å². The van der Waals surface area contributed by atoms with E-state index >= 15 is 0 Å². The van der Waals surface area contributed by atoms with Crippen LogP contribution in [-0.4, -0.2) is 44.7 Å². The van der Waals surface area contributed by atoms with Crippen LogP contribution >= 0.6 is 31.9 Å². The average Bonchev–Trinajstić information content (AvgIpc) is 3.14. The second kappa shape index (κ2) is 18.8. The summed E-state index contributed by atoms with van der Waals surface area (Å²) in [5, 5.41) is 5.59. The molecule has 6 aromatic rings. The molecular formula is C38H38Br2N4O5. The highest BCUT2D eigenvalue weighted by atomic mass is 79.9. The van der Waals surface area contributed by atoms with Crippen LogP contribution in [0.25, 0.3) is 21.8 Å². The largest absolute Gasteiger partial charge is 0.497 e. The smallest absolute Gasteiger partial charge is 0.168 e. The van der Waals surface area contributed by atoms with Crippen LogP contribution in [0.1, 0.15) is 27.3 Å². The number of pyridine rings is 2. The topological polar surface area (TPSA) is 118 Å². The fourth-order valence-corrected chi connectivity index (χ4v) is 5.44. The Morgan fingerprint density at radius 2 is 1.16 bits per heavy atom. The number of aldehydes is 1. The minimum absolute atomic E-state index is 0.464. The molecule has 2 heterocycles. The lowest BCUT2D eigenvalue weighted by Gasteiger charge is -2.11. The van der Waals surface area contributed by atoms with E-state index in [2.05, 4.69) is 60.4 Å². The van der Waals surface area contributed by atoms with Gasteiger partial charge in [-0.25, -0.2) is 4.98 Å². The van der Waals surface area contributed by atoms with Gasteiger partial charge in [-0.1, -0.05) is 68.3 Å². The number of nitrogens with one attached hydrogen (secondary N) is 1. The van der Waals surface area contributed by atoms with Gasteiger partial charge in [0.25, 0.3) is 0 Å². The predicted molar refractivity (Wildman–Crippen MR) is 202 cm³/mol. The summed E-state index contributed by atoms with van der Waals surface area (Å²) in [5.41, 5.74) is 10.9. The zero-order valence-corrected chi connectivity index (χ0v) is 30.9. The van der Waals surface area contributed by atoms with Gasteiger partial charge < -0.3 is 30.0 Å². The summed E-state index contributed by atoms with van der Waals surface area (Å²) in [4.78, 5) is 19.3. The van der Waals surface area contributed by atoms with Crippen molar-refractivity contribution < 1.29 is 23.7 Å². The van der Waals surface area contributed by atoms with Crippen LogP contribution in [0.15, 0.2) is 106 Å². The summed E-state index contributed by atoms with van der Waals surface area (Å²) in [6, 6.07) is 31.1. The van der Waals surface area contributed by atoms with Crippen LogP contribution in [0.5, 0.6) is 23.0 Å². The maximum absolute atomic E-state index is 10.5.